The van der Waals surface area contributed by atoms with E-state index in [1.54, 1.807) is 16.8 Å². The Hall–Kier alpha value is -1.64. The van der Waals surface area contributed by atoms with Crippen LogP contribution in [0.5, 0.6) is 0 Å². The first-order valence-electron chi connectivity index (χ1n) is 6.12. The molecular formula is C15H18FNO. The summed E-state index contributed by atoms with van der Waals surface area (Å²) in [6, 6.07) is 6.43. The molecule has 96 valence electrons. The van der Waals surface area contributed by atoms with Crippen LogP contribution in [-0.2, 0) is 4.79 Å². The van der Waals surface area contributed by atoms with E-state index < -0.39 is 5.41 Å². The van der Waals surface area contributed by atoms with Crippen LogP contribution in [0.15, 0.2) is 30.5 Å². The van der Waals surface area contributed by atoms with E-state index >= 15 is 0 Å². The highest BCUT2D eigenvalue weighted by atomic mass is 19.1. The molecule has 2 nitrogen and oxygen atoms in total. The highest BCUT2D eigenvalue weighted by Crippen LogP contribution is 2.28. The Bertz CT molecular complexity index is 592. The van der Waals surface area contributed by atoms with Gasteiger partial charge in [0.1, 0.15) is 5.82 Å². The van der Waals surface area contributed by atoms with Crippen LogP contribution in [0.25, 0.3) is 10.9 Å². The van der Waals surface area contributed by atoms with Gasteiger partial charge in [-0.1, -0.05) is 32.9 Å². The van der Waals surface area contributed by atoms with Crippen molar-refractivity contribution in [2.24, 2.45) is 5.41 Å². The zero-order valence-electron chi connectivity index (χ0n) is 11.2. The topological polar surface area (TPSA) is 22.0 Å². The molecule has 0 bridgehead atoms. The van der Waals surface area contributed by atoms with E-state index in [1.165, 1.54) is 6.07 Å². The Labute approximate surface area is 106 Å². The van der Waals surface area contributed by atoms with Crippen molar-refractivity contribution >= 4 is 16.7 Å². The van der Waals surface area contributed by atoms with Gasteiger partial charge >= 0.3 is 0 Å². The van der Waals surface area contributed by atoms with E-state index in [0.717, 1.165) is 5.39 Å². The molecule has 0 amide bonds. The van der Waals surface area contributed by atoms with Crippen LogP contribution in [0.3, 0.4) is 0 Å². The fourth-order valence-electron chi connectivity index (χ4n) is 2.25. The van der Waals surface area contributed by atoms with Gasteiger partial charge in [-0.2, -0.15) is 0 Å². The van der Waals surface area contributed by atoms with E-state index in [0.29, 0.717) is 5.52 Å². The Balaban J connectivity index is 2.52. The summed E-state index contributed by atoms with van der Waals surface area (Å²) < 4.78 is 15.6. The summed E-state index contributed by atoms with van der Waals surface area (Å²) in [6.45, 7) is 7.47. The molecule has 0 aliphatic rings. The number of carbonyl (C=O) groups excluding carboxylic acids is 1. The highest BCUT2D eigenvalue weighted by Gasteiger charge is 2.28. The average Bonchev–Trinajstić information content (AvgIpc) is 2.71. The summed E-state index contributed by atoms with van der Waals surface area (Å²) >= 11 is 0. The third-order valence-electron chi connectivity index (χ3n) is 3.23. The largest absolute Gasteiger partial charge is 0.335 e. The molecule has 1 heterocycles. The standard InChI is InChI=1S/C15H18FNO/c1-10(14(18)15(2,3)4)17-9-8-11-6-5-7-12(16)13(11)17/h5-10H,1-4H3. The maximum atomic E-state index is 13.9. The molecule has 18 heavy (non-hydrogen) atoms. The lowest BCUT2D eigenvalue weighted by atomic mass is 9.87. The fourth-order valence-corrected chi connectivity index (χ4v) is 2.25. The van der Waals surface area contributed by atoms with Crippen molar-refractivity contribution in [3.63, 3.8) is 0 Å². The average molecular weight is 247 g/mol. The molecule has 2 rings (SSSR count). The van der Waals surface area contributed by atoms with E-state index in [-0.39, 0.29) is 17.6 Å². The van der Waals surface area contributed by atoms with Gasteiger partial charge < -0.3 is 4.57 Å². The molecule has 0 aliphatic carbocycles. The summed E-state index contributed by atoms with van der Waals surface area (Å²) in [6.07, 6.45) is 1.78. The number of nitrogens with zero attached hydrogens (tertiary/aromatic N) is 1. The van der Waals surface area contributed by atoms with Crippen molar-refractivity contribution in [2.45, 2.75) is 33.7 Å². The van der Waals surface area contributed by atoms with Crippen molar-refractivity contribution in [3.05, 3.63) is 36.3 Å². The minimum atomic E-state index is -0.429. The van der Waals surface area contributed by atoms with Crippen molar-refractivity contribution in [3.8, 4) is 0 Å². The van der Waals surface area contributed by atoms with E-state index in [4.69, 9.17) is 0 Å². The second-order valence-electron chi connectivity index (χ2n) is 5.69. The smallest absolute Gasteiger partial charge is 0.160 e. The van der Waals surface area contributed by atoms with Crippen LogP contribution in [-0.4, -0.2) is 10.4 Å². The van der Waals surface area contributed by atoms with Gasteiger partial charge in [0.05, 0.1) is 11.6 Å². The normalized spacial score (nSPS) is 13.8. The summed E-state index contributed by atoms with van der Waals surface area (Å²) in [5, 5.41) is 0.823. The van der Waals surface area contributed by atoms with Gasteiger partial charge in [-0.25, -0.2) is 4.39 Å². The van der Waals surface area contributed by atoms with Gasteiger partial charge in [0.25, 0.3) is 0 Å². The Morgan fingerprint density at radius 3 is 2.56 bits per heavy atom. The molecule has 0 aliphatic heterocycles. The number of para-hydroxylation sites is 1. The lowest BCUT2D eigenvalue weighted by Gasteiger charge is -2.23. The lowest BCUT2D eigenvalue weighted by Crippen LogP contribution is -2.28. The minimum Gasteiger partial charge on any atom is -0.335 e. The molecule has 1 atom stereocenters. The second-order valence-corrected chi connectivity index (χ2v) is 5.69. The van der Waals surface area contributed by atoms with Gasteiger partial charge in [-0.15, -0.1) is 0 Å². The number of carbonyl (C=O) groups is 1. The Morgan fingerprint density at radius 2 is 1.94 bits per heavy atom. The number of fused-ring (bicyclic) bond motifs is 1. The van der Waals surface area contributed by atoms with E-state index in [1.807, 2.05) is 39.8 Å². The van der Waals surface area contributed by atoms with Crippen LogP contribution in [0, 0.1) is 11.2 Å². The highest BCUT2D eigenvalue weighted by molar-refractivity contribution is 5.90. The predicted octanol–water partition coefficient (Wildman–Crippen LogP) is 3.96. The molecular weight excluding hydrogens is 229 g/mol. The molecule has 0 saturated heterocycles. The number of hydrogen-bond acceptors (Lipinski definition) is 1. The van der Waals surface area contributed by atoms with Crippen molar-refractivity contribution in [2.75, 3.05) is 0 Å². The third kappa shape index (κ3) is 2.05. The number of halogens is 1. The predicted molar refractivity (Wildman–Crippen MR) is 71.1 cm³/mol. The van der Waals surface area contributed by atoms with Crippen LogP contribution in [0.4, 0.5) is 4.39 Å². The van der Waals surface area contributed by atoms with E-state index in [9.17, 15) is 9.18 Å². The number of hydrogen-bond donors (Lipinski definition) is 0. The first-order chi connectivity index (χ1) is 8.32. The van der Waals surface area contributed by atoms with Crippen molar-refractivity contribution in [1.29, 1.82) is 0 Å². The zero-order valence-corrected chi connectivity index (χ0v) is 11.2. The molecule has 1 aromatic carbocycles. The van der Waals surface area contributed by atoms with Gasteiger partial charge in [0.2, 0.25) is 0 Å². The third-order valence-corrected chi connectivity index (χ3v) is 3.23. The van der Waals surface area contributed by atoms with Crippen LogP contribution >= 0.6 is 0 Å². The minimum absolute atomic E-state index is 0.100. The zero-order chi connectivity index (χ0) is 13.5. The summed E-state index contributed by atoms with van der Waals surface area (Å²) in [7, 11) is 0. The Morgan fingerprint density at radius 1 is 1.28 bits per heavy atom. The first kappa shape index (κ1) is 12.8. The molecule has 1 aromatic heterocycles. The van der Waals surface area contributed by atoms with Crippen LogP contribution in [0.1, 0.15) is 33.7 Å². The number of aromatic nitrogens is 1. The van der Waals surface area contributed by atoms with Crippen molar-refractivity contribution < 1.29 is 9.18 Å². The van der Waals surface area contributed by atoms with Gasteiger partial charge in [-0.05, 0) is 19.1 Å². The van der Waals surface area contributed by atoms with Crippen LogP contribution in [0.2, 0.25) is 0 Å². The second kappa shape index (κ2) is 4.23. The number of rotatable bonds is 2. The number of ketones is 1. The molecule has 2 aromatic rings. The van der Waals surface area contributed by atoms with Crippen LogP contribution < -0.4 is 0 Å². The molecule has 1 unspecified atom stereocenters. The molecule has 0 spiro atoms. The summed E-state index contributed by atoms with van der Waals surface area (Å²) in [5.74, 6) is -0.186. The lowest BCUT2D eigenvalue weighted by molar-refractivity contribution is -0.129. The number of Topliss-reactive ketones (excluding diaryl/α,β-unsaturated/α-hetero) is 1. The first-order valence-corrected chi connectivity index (χ1v) is 6.12. The molecule has 0 N–H and O–H groups in total. The summed E-state index contributed by atoms with van der Waals surface area (Å²) in [4.78, 5) is 12.3. The maximum absolute atomic E-state index is 13.9. The maximum Gasteiger partial charge on any atom is 0.160 e. The quantitative estimate of drug-likeness (QED) is 0.787. The SMILES string of the molecule is CC(C(=O)C(C)(C)C)n1ccc2cccc(F)c21. The number of benzene rings is 1. The molecule has 3 heteroatoms. The summed E-state index contributed by atoms with van der Waals surface area (Å²) in [5.41, 5.74) is 0.0731. The van der Waals surface area contributed by atoms with Gasteiger partial charge in [-0.3, -0.25) is 4.79 Å². The van der Waals surface area contributed by atoms with E-state index in [2.05, 4.69) is 0 Å². The Kier molecular flexibility index (Phi) is 3.01. The van der Waals surface area contributed by atoms with Crippen molar-refractivity contribution in [1.82, 2.24) is 4.57 Å². The van der Waals surface area contributed by atoms with Gasteiger partial charge in [0.15, 0.2) is 5.78 Å². The van der Waals surface area contributed by atoms with Gasteiger partial charge in [0, 0.05) is 17.0 Å². The molecule has 0 radical (unpaired) electrons. The molecule has 0 fully saturated rings. The molecule has 0 saturated carbocycles. The fraction of sp³-hybridized carbons (Fsp3) is 0.400. The monoisotopic (exact) mass is 247 g/mol.